The summed E-state index contributed by atoms with van der Waals surface area (Å²) >= 11 is 6.01. The monoisotopic (exact) mass is 223 g/mol. The molecule has 1 heterocycles. The zero-order chi connectivity index (χ0) is 11.2. The van der Waals surface area contributed by atoms with Crippen molar-refractivity contribution in [2.75, 3.05) is 0 Å². The Morgan fingerprint density at radius 3 is 2.73 bits per heavy atom. The number of fused-ring (bicyclic) bond motifs is 1. The first kappa shape index (κ1) is 10.5. The van der Waals surface area contributed by atoms with Gasteiger partial charge in [-0.15, -0.1) is 0 Å². The van der Waals surface area contributed by atoms with Crippen molar-refractivity contribution in [1.82, 2.24) is 9.55 Å². The second-order valence-electron chi connectivity index (χ2n) is 3.91. The minimum Gasteiger partial charge on any atom is -0.330 e. The molecular weight excluding hydrogens is 210 g/mol. The molecule has 80 valence electrons. The lowest BCUT2D eigenvalue weighted by Crippen LogP contribution is -2.11. The highest BCUT2D eigenvalue weighted by Crippen LogP contribution is 2.25. The van der Waals surface area contributed by atoms with Crippen LogP contribution in [0.1, 0.15) is 24.4 Å². The largest absolute Gasteiger partial charge is 0.330 e. The number of hydrogen-bond acceptors (Lipinski definition) is 2. The normalized spacial score (nSPS) is 13.4. The molecule has 2 rings (SSSR count). The van der Waals surface area contributed by atoms with Crippen molar-refractivity contribution in [3.8, 4) is 0 Å². The van der Waals surface area contributed by atoms with Gasteiger partial charge in [-0.25, -0.2) is 4.98 Å². The molecule has 0 saturated heterocycles. The Morgan fingerprint density at radius 1 is 1.47 bits per heavy atom. The lowest BCUT2D eigenvalue weighted by atomic mass is 10.2. The molecule has 2 aromatic rings. The van der Waals surface area contributed by atoms with Gasteiger partial charge in [-0.05, 0) is 31.5 Å². The molecule has 0 radical (unpaired) electrons. The molecule has 0 aliphatic heterocycles. The fourth-order valence-corrected chi connectivity index (χ4v) is 2.11. The van der Waals surface area contributed by atoms with Crippen molar-refractivity contribution in [2.45, 2.75) is 19.9 Å². The summed E-state index contributed by atoms with van der Waals surface area (Å²) in [6, 6.07) is 3.77. The van der Waals surface area contributed by atoms with Gasteiger partial charge in [-0.3, -0.25) is 0 Å². The minimum absolute atomic E-state index is 0.0689. The molecule has 0 fully saturated rings. The van der Waals surface area contributed by atoms with Crippen LogP contribution in [-0.4, -0.2) is 9.55 Å². The zero-order valence-corrected chi connectivity index (χ0v) is 9.84. The molecule has 0 aliphatic rings. The van der Waals surface area contributed by atoms with E-state index in [1.807, 2.05) is 37.6 Å². The van der Waals surface area contributed by atoms with Gasteiger partial charge in [-0.1, -0.05) is 11.6 Å². The summed E-state index contributed by atoms with van der Waals surface area (Å²) in [5, 5.41) is 0.735. The first-order chi connectivity index (χ1) is 7.00. The van der Waals surface area contributed by atoms with E-state index in [-0.39, 0.29) is 6.04 Å². The molecule has 1 aromatic heterocycles. The lowest BCUT2D eigenvalue weighted by molar-refractivity contribution is 0.696. The van der Waals surface area contributed by atoms with Gasteiger partial charge < -0.3 is 10.3 Å². The second-order valence-corrected chi connectivity index (χ2v) is 4.34. The van der Waals surface area contributed by atoms with E-state index in [1.165, 1.54) is 0 Å². The van der Waals surface area contributed by atoms with Crippen LogP contribution in [0.4, 0.5) is 0 Å². The summed E-state index contributed by atoms with van der Waals surface area (Å²) in [6.07, 6.45) is 0. The number of nitrogens with zero attached hydrogens (tertiary/aromatic N) is 2. The van der Waals surface area contributed by atoms with Crippen LogP contribution in [0.5, 0.6) is 0 Å². The zero-order valence-electron chi connectivity index (χ0n) is 9.08. The number of hydrogen-bond donors (Lipinski definition) is 1. The molecular formula is C11H14ClN3. The minimum atomic E-state index is -0.0689. The van der Waals surface area contributed by atoms with Crippen molar-refractivity contribution < 1.29 is 0 Å². The lowest BCUT2D eigenvalue weighted by Gasteiger charge is -2.04. The maximum atomic E-state index is 6.01. The molecule has 1 unspecified atom stereocenters. The third-order valence-corrected chi connectivity index (χ3v) is 2.80. The molecule has 2 N–H and O–H groups in total. The Kier molecular flexibility index (Phi) is 2.44. The van der Waals surface area contributed by atoms with Crippen LogP contribution in [0, 0.1) is 6.92 Å². The average molecular weight is 224 g/mol. The number of imidazole rings is 1. The standard InChI is InChI=1S/C11H14ClN3/c1-6-4-8(12)5-9-10(6)14-11(7(2)13)15(9)3/h4-5,7H,13H2,1-3H3. The van der Waals surface area contributed by atoms with Crippen molar-refractivity contribution >= 4 is 22.6 Å². The SMILES string of the molecule is Cc1cc(Cl)cc2c1nc(C(C)N)n2C. The first-order valence-electron chi connectivity index (χ1n) is 4.88. The molecule has 0 amide bonds. The van der Waals surface area contributed by atoms with Gasteiger partial charge in [0.05, 0.1) is 17.1 Å². The van der Waals surface area contributed by atoms with E-state index in [0.29, 0.717) is 0 Å². The third kappa shape index (κ3) is 1.62. The Labute approximate surface area is 93.9 Å². The highest BCUT2D eigenvalue weighted by molar-refractivity contribution is 6.31. The van der Waals surface area contributed by atoms with E-state index in [0.717, 1.165) is 27.4 Å². The predicted molar refractivity (Wildman–Crippen MR) is 63.1 cm³/mol. The quantitative estimate of drug-likeness (QED) is 0.808. The predicted octanol–water partition coefficient (Wildman–Crippen LogP) is 2.55. The van der Waals surface area contributed by atoms with Gasteiger partial charge in [0.1, 0.15) is 5.82 Å². The summed E-state index contributed by atoms with van der Waals surface area (Å²) in [6.45, 7) is 3.93. The van der Waals surface area contributed by atoms with E-state index in [4.69, 9.17) is 17.3 Å². The van der Waals surface area contributed by atoms with E-state index in [1.54, 1.807) is 0 Å². The molecule has 0 bridgehead atoms. The second kappa shape index (κ2) is 3.51. The van der Waals surface area contributed by atoms with Gasteiger partial charge in [0.15, 0.2) is 0 Å². The molecule has 4 heteroatoms. The fraction of sp³-hybridized carbons (Fsp3) is 0.364. The number of halogens is 1. The van der Waals surface area contributed by atoms with Crippen molar-refractivity contribution in [3.05, 3.63) is 28.5 Å². The van der Waals surface area contributed by atoms with E-state index >= 15 is 0 Å². The molecule has 0 aliphatic carbocycles. The molecule has 0 spiro atoms. The van der Waals surface area contributed by atoms with Crippen LogP contribution in [-0.2, 0) is 7.05 Å². The van der Waals surface area contributed by atoms with Crippen LogP contribution in [0.3, 0.4) is 0 Å². The van der Waals surface area contributed by atoms with Gasteiger partial charge in [0, 0.05) is 12.1 Å². The Hall–Kier alpha value is -1.06. The smallest absolute Gasteiger partial charge is 0.126 e. The number of aromatic nitrogens is 2. The number of benzene rings is 1. The average Bonchev–Trinajstić information content (AvgIpc) is 2.44. The summed E-state index contributed by atoms with van der Waals surface area (Å²) < 4.78 is 2.00. The highest BCUT2D eigenvalue weighted by atomic mass is 35.5. The van der Waals surface area contributed by atoms with Crippen molar-refractivity contribution in [1.29, 1.82) is 0 Å². The third-order valence-electron chi connectivity index (χ3n) is 2.58. The van der Waals surface area contributed by atoms with Gasteiger partial charge in [-0.2, -0.15) is 0 Å². The van der Waals surface area contributed by atoms with Crippen LogP contribution >= 0.6 is 11.6 Å². The van der Waals surface area contributed by atoms with Crippen molar-refractivity contribution in [2.24, 2.45) is 12.8 Å². The molecule has 1 aromatic carbocycles. The Balaban J connectivity index is 2.82. The molecule has 15 heavy (non-hydrogen) atoms. The van der Waals surface area contributed by atoms with Crippen LogP contribution in [0.2, 0.25) is 5.02 Å². The molecule has 0 saturated carbocycles. The van der Waals surface area contributed by atoms with E-state index in [9.17, 15) is 0 Å². The maximum absolute atomic E-state index is 6.01. The van der Waals surface area contributed by atoms with Crippen LogP contribution in [0.15, 0.2) is 12.1 Å². The molecule has 1 atom stereocenters. The highest BCUT2D eigenvalue weighted by Gasteiger charge is 2.12. The maximum Gasteiger partial charge on any atom is 0.126 e. The number of rotatable bonds is 1. The summed E-state index contributed by atoms with van der Waals surface area (Å²) in [4.78, 5) is 4.53. The fourth-order valence-electron chi connectivity index (χ4n) is 1.84. The van der Waals surface area contributed by atoms with E-state index < -0.39 is 0 Å². The topological polar surface area (TPSA) is 43.8 Å². The van der Waals surface area contributed by atoms with Gasteiger partial charge >= 0.3 is 0 Å². The number of nitrogens with two attached hydrogens (primary N) is 1. The van der Waals surface area contributed by atoms with E-state index in [2.05, 4.69) is 4.98 Å². The van der Waals surface area contributed by atoms with Crippen molar-refractivity contribution in [3.63, 3.8) is 0 Å². The Bertz CT molecular complexity index is 514. The summed E-state index contributed by atoms with van der Waals surface area (Å²) in [5.74, 6) is 0.885. The number of aryl methyl sites for hydroxylation is 2. The molecule has 3 nitrogen and oxygen atoms in total. The summed E-state index contributed by atoms with van der Waals surface area (Å²) in [5.41, 5.74) is 8.95. The summed E-state index contributed by atoms with van der Waals surface area (Å²) in [7, 11) is 1.96. The van der Waals surface area contributed by atoms with Gasteiger partial charge in [0.2, 0.25) is 0 Å². The van der Waals surface area contributed by atoms with Crippen LogP contribution in [0.25, 0.3) is 11.0 Å². The Morgan fingerprint density at radius 2 is 2.13 bits per heavy atom. The van der Waals surface area contributed by atoms with Crippen LogP contribution < -0.4 is 5.73 Å². The first-order valence-corrected chi connectivity index (χ1v) is 5.26. The van der Waals surface area contributed by atoms with Gasteiger partial charge in [0.25, 0.3) is 0 Å².